The van der Waals surface area contributed by atoms with E-state index in [0.717, 1.165) is 89.9 Å². The average molecular weight is 451 g/mol. The molecule has 0 unspecified atom stereocenters. The van der Waals surface area contributed by atoms with Crippen LogP contribution in [0.25, 0.3) is 22.3 Å². The largest absolute Gasteiger partial charge is 0.456 e. The Hall–Kier alpha value is -4.13. The lowest BCUT2D eigenvalue weighted by molar-refractivity contribution is 0.480. The molecule has 0 fully saturated rings. The van der Waals surface area contributed by atoms with Gasteiger partial charge in [-0.15, -0.1) is 0 Å². The first kappa shape index (κ1) is 20.5. The molecule has 2 aliphatic heterocycles. The zero-order valence-electron chi connectivity index (χ0n) is 18.8. The average Bonchev–Trinajstić information content (AvgIpc) is 3.34. The van der Waals surface area contributed by atoms with Crippen molar-refractivity contribution in [2.24, 2.45) is 9.98 Å². The highest BCUT2D eigenvalue weighted by Crippen LogP contribution is 2.27. The molecule has 34 heavy (non-hydrogen) atoms. The van der Waals surface area contributed by atoms with Gasteiger partial charge in [0.2, 0.25) is 0 Å². The molecule has 0 amide bonds. The molecule has 0 spiro atoms. The van der Waals surface area contributed by atoms with Crippen molar-refractivity contribution in [2.75, 3.05) is 26.2 Å². The van der Waals surface area contributed by atoms with Gasteiger partial charge in [0.25, 0.3) is 0 Å². The summed E-state index contributed by atoms with van der Waals surface area (Å²) in [7, 11) is 0. The van der Waals surface area contributed by atoms with E-state index >= 15 is 0 Å². The third kappa shape index (κ3) is 4.24. The Labute approximate surface area is 198 Å². The van der Waals surface area contributed by atoms with E-state index in [0.29, 0.717) is 5.75 Å². The molecule has 0 saturated carbocycles. The van der Waals surface area contributed by atoms with E-state index in [-0.39, 0.29) is 0 Å². The summed E-state index contributed by atoms with van der Waals surface area (Å²) in [5, 5.41) is 7.88. The summed E-state index contributed by atoms with van der Waals surface area (Å²) >= 11 is 0. The SMILES string of the molecule is c1cc(C2=NCCCN2)ccc1Oc1ccc(-c2cc3ccc(C4=NCCCN4)cc3[nH]2)nc1. The number of fused-ring (bicyclic) bond motifs is 1. The number of ether oxygens (including phenoxy) is 1. The van der Waals surface area contributed by atoms with Gasteiger partial charge in [-0.3, -0.25) is 15.0 Å². The molecule has 3 N–H and O–H groups in total. The molecule has 2 aliphatic rings. The number of nitrogens with zero attached hydrogens (tertiary/aromatic N) is 3. The van der Waals surface area contributed by atoms with Crippen LogP contribution in [-0.4, -0.2) is 47.8 Å². The van der Waals surface area contributed by atoms with Crippen LogP contribution in [-0.2, 0) is 0 Å². The predicted octanol–water partition coefficient (Wildman–Crippen LogP) is 4.50. The molecule has 0 radical (unpaired) electrons. The smallest absolute Gasteiger partial charge is 0.145 e. The van der Waals surface area contributed by atoms with Crippen LogP contribution in [0.2, 0.25) is 0 Å². The third-order valence-electron chi connectivity index (χ3n) is 6.07. The molecule has 0 atom stereocenters. The Balaban J connectivity index is 1.17. The number of nitrogens with one attached hydrogen (secondary N) is 3. The number of benzene rings is 2. The first-order valence-electron chi connectivity index (χ1n) is 11.8. The molecule has 170 valence electrons. The van der Waals surface area contributed by atoms with E-state index in [9.17, 15) is 0 Å². The summed E-state index contributed by atoms with van der Waals surface area (Å²) in [4.78, 5) is 17.3. The second-order valence-electron chi connectivity index (χ2n) is 8.51. The quantitative estimate of drug-likeness (QED) is 0.418. The maximum Gasteiger partial charge on any atom is 0.145 e. The number of rotatable bonds is 5. The van der Waals surface area contributed by atoms with Gasteiger partial charge in [0.05, 0.1) is 17.6 Å². The van der Waals surface area contributed by atoms with Crippen LogP contribution in [0.1, 0.15) is 24.0 Å². The van der Waals surface area contributed by atoms with Crippen molar-refractivity contribution in [1.82, 2.24) is 20.6 Å². The third-order valence-corrected chi connectivity index (χ3v) is 6.07. The fourth-order valence-corrected chi connectivity index (χ4v) is 4.28. The normalized spacial score (nSPS) is 15.8. The van der Waals surface area contributed by atoms with Crippen LogP contribution in [0.3, 0.4) is 0 Å². The van der Waals surface area contributed by atoms with Crippen molar-refractivity contribution in [1.29, 1.82) is 0 Å². The first-order chi connectivity index (χ1) is 16.8. The van der Waals surface area contributed by atoms with Gasteiger partial charge in [-0.05, 0) is 61.4 Å². The summed E-state index contributed by atoms with van der Waals surface area (Å²) in [5.74, 6) is 3.40. The van der Waals surface area contributed by atoms with E-state index in [1.807, 2.05) is 36.4 Å². The van der Waals surface area contributed by atoms with Crippen molar-refractivity contribution in [3.05, 3.63) is 78.0 Å². The number of amidine groups is 2. The van der Waals surface area contributed by atoms with E-state index in [1.54, 1.807) is 6.20 Å². The summed E-state index contributed by atoms with van der Waals surface area (Å²) in [6.45, 7) is 3.70. The molecule has 0 saturated heterocycles. The van der Waals surface area contributed by atoms with Crippen molar-refractivity contribution >= 4 is 22.6 Å². The lowest BCUT2D eigenvalue weighted by Crippen LogP contribution is -2.30. The standard InChI is InChI=1S/C27H26N6O/c1-11-28-26(29-12-1)18-5-7-21(8-6-18)34-22-9-10-23(32-17-22)25-15-19-3-4-20(16-24(19)33-25)27-30-13-2-14-31-27/h3-10,15-17,33H,1-2,11-14H2,(H,28,29)(H,30,31). The number of aromatic nitrogens is 2. The molecule has 7 nitrogen and oxygen atoms in total. The molecule has 2 aromatic carbocycles. The van der Waals surface area contributed by atoms with Crippen LogP contribution in [0, 0.1) is 0 Å². The topological polar surface area (TPSA) is 86.7 Å². The number of H-pyrrole nitrogens is 1. The summed E-state index contributed by atoms with van der Waals surface area (Å²) in [5.41, 5.74) is 5.10. The highest BCUT2D eigenvalue weighted by atomic mass is 16.5. The number of aromatic amines is 1. The Morgan fingerprint density at radius 3 is 2.09 bits per heavy atom. The van der Waals surface area contributed by atoms with E-state index in [1.165, 1.54) is 0 Å². The van der Waals surface area contributed by atoms with Gasteiger partial charge in [0.15, 0.2) is 0 Å². The highest BCUT2D eigenvalue weighted by Gasteiger charge is 2.11. The van der Waals surface area contributed by atoms with Gasteiger partial charge in [-0.1, -0.05) is 12.1 Å². The van der Waals surface area contributed by atoms with E-state index < -0.39 is 0 Å². The highest BCUT2D eigenvalue weighted by molar-refractivity contribution is 6.02. The van der Waals surface area contributed by atoms with Crippen LogP contribution >= 0.6 is 0 Å². The minimum atomic E-state index is 0.699. The van der Waals surface area contributed by atoms with Gasteiger partial charge in [0, 0.05) is 48.2 Å². The van der Waals surface area contributed by atoms with Crippen LogP contribution in [0.4, 0.5) is 0 Å². The minimum absolute atomic E-state index is 0.699. The molecule has 0 bridgehead atoms. The fourth-order valence-electron chi connectivity index (χ4n) is 4.28. The number of aliphatic imine (C=N–C) groups is 2. The second kappa shape index (κ2) is 9.02. The number of pyridine rings is 1. The van der Waals surface area contributed by atoms with Gasteiger partial charge < -0.3 is 20.4 Å². The molecule has 0 aliphatic carbocycles. The Morgan fingerprint density at radius 2 is 1.41 bits per heavy atom. The van der Waals surface area contributed by atoms with Crippen LogP contribution < -0.4 is 15.4 Å². The lowest BCUT2D eigenvalue weighted by atomic mass is 10.1. The second-order valence-corrected chi connectivity index (χ2v) is 8.51. The van der Waals surface area contributed by atoms with Crippen LogP contribution in [0.15, 0.2) is 76.8 Å². The van der Waals surface area contributed by atoms with Gasteiger partial charge >= 0.3 is 0 Å². The first-order valence-corrected chi connectivity index (χ1v) is 11.8. The van der Waals surface area contributed by atoms with Crippen molar-refractivity contribution in [3.63, 3.8) is 0 Å². The molecular formula is C27H26N6O. The summed E-state index contributed by atoms with van der Waals surface area (Å²) < 4.78 is 6.00. The molecule has 7 heteroatoms. The predicted molar refractivity (Wildman–Crippen MR) is 136 cm³/mol. The van der Waals surface area contributed by atoms with Crippen molar-refractivity contribution < 1.29 is 4.74 Å². The molecule has 4 heterocycles. The molecule has 6 rings (SSSR count). The zero-order chi connectivity index (χ0) is 22.7. The Morgan fingerprint density at radius 1 is 0.706 bits per heavy atom. The minimum Gasteiger partial charge on any atom is -0.456 e. The monoisotopic (exact) mass is 450 g/mol. The molecular weight excluding hydrogens is 424 g/mol. The van der Waals surface area contributed by atoms with Crippen LogP contribution in [0.5, 0.6) is 11.5 Å². The van der Waals surface area contributed by atoms with Gasteiger partial charge in [-0.25, -0.2) is 0 Å². The zero-order valence-corrected chi connectivity index (χ0v) is 18.8. The van der Waals surface area contributed by atoms with Gasteiger partial charge in [0.1, 0.15) is 23.2 Å². The fraction of sp³-hybridized carbons (Fsp3) is 0.222. The van der Waals surface area contributed by atoms with Crippen molar-refractivity contribution in [3.8, 4) is 22.9 Å². The lowest BCUT2D eigenvalue weighted by Gasteiger charge is -2.15. The summed E-state index contributed by atoms with van der Waals surface area (Å²) in [6.07, 6.45) is 3.93. The Bertz CT molecular complexity index is 1370. The molecule has 4 aromatic rings. The molecule has 2 aromatic heterocycles. The number of hydrogen-bond acceptors (Lipinski definition) is 6. The maximum absolute atomic E-state index is 6.00. The maximum atomic E-state index is 6.00. The summed E-state index contributed by atoms with van der Waals surface area (Å²) in [6, 6.07) is 20.4. The van der Waals surface area contributed by atoms with Gasteiger partial charge in [-0.2, -0.15) is 0 Å². The number of hydrogen-bond donors (Lipinski definition) is 3. The Kier molecular flexibility index (Phi) is 5.43. The van der Waals surface area contributed by atoms with E-state index in [2.05, 4.69) is 54.9 Å². The van der Waals surface area contributed by atoms with E-state index in [4.69, 9.17) is 4.74 Å². The van der Waals surface area contributed by atoms with Crippen molar-refractivity contribution in [2.45, 2.75) is 12.8 Å².